The van der Waals surface area contributed by atoms with Crippen molar-refractivity contribution >= 4 is 11.7 Å². The van der Waals surface area contributed by atoms with E-state index >= 15 is 0 Å². The molecule has 5 nitrogen and oxygen atoms in total. The molecule has 1 aliphatic rings. The van der Waals surface area contributed by atoms with Crippen molar-refractivity contribution in [2.75, 3.05) is 19.7 Å². The van der Waals surface area contributed by atoms with E-state index in [2.05, 4.69) is 5.32 Å². The summed E-state index contributed by atoms with van der Waals surface area (Å²) >= 11 is 0. The molecular formula is C9H15N3O2. The van der Waals surface area contributed by atoms with Gasteiger partial charge in [-0.15, -0.1) is 0 Å². The van der Waals surface area contributed by atoms with Gasteiger partial charge in [0.1, 0.15) is 5.71 Å². The van der Waals surface area contributed by atoms with Gasteiger partial charge in [0.05, 0.1) is 6.61 Å². The molecule has 1 aliphatic heterocycles. The van der Waals surface area contributed by atoms with Crippen LogP contribution in [0.25, 0.3) is 0 Å². The molecule has 0 aromatic rings. The van der Waals surface area contributed by atoms with Crippen LogP contribution < -0.4 is 11.1 Å². The number of nitrogens with one attached hydrogen (secondary N) is 2. The zero-order chi connectivity index (χ0) is 10.6. The maximum Gasteiger partial charge on any atom is 0.356 e. The van der Waals surface area contributed by atoms with Gasteiger partial charge in [0.15, 0.2) is 0 Å². The summed E-state index contributed by atoms with van der Waals surface area (Å²) in [7, 11) is 0. The van der Waals surface area contributed by atoms with Crippen LogP contribution in [0.3, 0.4) is 0 Å². The predicted molar refractivity (Wildman–Crippen MR) is 53.1 cm³/mol. The van der Waals surface area contributed by atoms with E-state index in [1.165, 1.54) is 0 Å². The quantitative estimate of drug-likeness (QED) is 0.431. The van der Waals surface area contributed by atoms with E-state index in [0.29, 0.717) is 24.2 Å². The second-order valence-electron chi connectivity index (χ2n) is 3.03. The Hall–Kier alpha value is -1.36. The third-order valence-corrected chi connectivity index (χ3v) is 2.04. The molecule has 0 atom stereocenters. The number of ether oxygens (including phenoxy) is 1. The van der Waals surface area contributed by atoms with Crippen molar-refractivity contribution in [2.24, 2.45) is 5.73 Å². The number of rotatable bonds is 3. The van der Waals surface area contributed by atoms with E-state index in [9.17, 15) is 4.79 Å². The summed E-state index contributed by atoms with van der Waals surface area (Å²) in [5.74, 6) is -0.603. The molecule has 0 amide bonds. The van der Waals surface area contributed by atoms with Crippen LogP contribution >= 0.6 is 0 Å². The Morgan fingerprint density at radius 1 is 1.71 bits per heavy atom. The van der Waals surface area contributed by atoms with Gasteiger partial charge in [-0.3, -0.25) is 5.41 Å². The summed E-state index contributed by atoms with van der Waals surface area (Å²) < 4.78 is 4.72. The van der Waals surface area contributed by atoms with Crippen LogP contribution in [0.2, 0.25) is 0 Å². The van der Waals surface area contributed by atoms with E-state index < -0.39 is 5.97 Å². The van der Waals surface area contributed by atoms with Crippen molar-refractivity contribution in [3.05, 3.63) is 11.3 Å². The molecule has 5 heteroatoms. The largest absolute Gasteiger partial charge is 0.461 e. The predicted octanol–water partition coefficient (Wildman–Crippen LogP) is -0.225. The van der Waals surface area contributed by atoms with Crippen LogP contribution in [0.4, 0.5) is 0 Å². The second kappa shape index (κ2) is 4.76. The van der Waals surface area contributed by atoms with Gasteiger partial charge >= 0.3 is 5.97 Å². The number of carbonyl (C=O) groups is 1. The SMILES string of the molecule is CCOC(=O)C(=N)C1=C(N)CCNC1. The number of esters is 1. The minimum atomic E-state index is -0.603. The van der Waals surface area contributed by atoms with Crippen molar-refractivity contribution in [1.29, 1.82) is 5.41 Å². The summed E-state index contributed by atoms with van der Waals surface area (Å²) in [5.41, 5.74) is 6.75. The van der Waals surface area contributed by atoms with E-state index in [0.717, 1.165) is 6.54 Å². The molecule has 78 valence electrons. The summed E-state index contributed by atoms with van der Waals surface area (Å²) in [6.07, 6.45) is 0.678. The Bertz CT molecular complexity index is 284. The second-order valence-corrected chi connectivity index (χ2v) is 3.03. The van der Waals surface area contributed by atoms with Gasteiger partial charge in [0.25, 0.3) is 0 Å². The maximum absolute atomic E-state index is 11.2. The van der Waals surface area contributed by atoms with Gasteiger partial charge in [0, 0.05) is 24.4 Å². The standard InChI is InChI=1S/C9H15N3O2/c1-2-14-9(13)8(11)6-5-12-4-3-7(6)10/h11-12H,2-5,10H2,1H3. The molecule has 0 aromatic carbocycles. The normalized spacial score (nSPS) is 16.6. The Labute approximate surface area is 82.8 Å². The Morgan fingerprint density at radius 2 is 2.43 bits per heavy atom. The zero-order valence-electron chi connectivity index (χ0n) is 8.22. The van der Waals surface area contributed by atoms with E-state index in [1.54, 1.807) is 6.92 Å². The molecule has 0 unspecified atom stereocenters. The maximum atomic E-state index is 11.2. The van der Waals surface area contributed by atoms with Crippen LogP contribution in [0.15, 0.2) is 11.3 Å². The fourth-order valence-corrected chi connectivity index (χ4v) is 1.28. The summed E-state index contributed by atoms with van der Waals surface area (Å²) in [6, 6.07) is 0. The minimum absolute atomic E-state index is 0.128. The highest BCUT2D eigenvalue weighted by atomic mass is 16.5. The highest BCUT2D eigenvalue weighted by Crippen LogP contribution is 2.09. The average Bonchev–Trinajstić information content (AvgIpc) is 2.18. The molecule has 1 heterocycles. The zero-order valence-corrected chi connectivity index (χ0v) is 8.22. The number of hydrogen-bond donors (Lipinski definition) is 3. The third-order valence-electron chi connectivity index (χ3n) is 2.04. The minimum Gasteiger partial charge on any atom is -0.461 e. The van der Waals surface area contributed by atoms with Gasteiger partial charge in [0.2, 0.25) is 0 Å². The molecule has 0 saturated carbocycles. The fraction of sp³-hybridized carbons (Fsp3) is 0.556. The van der Waals surface area contributed by atoms with E-state index in [-0.39, 0.29) is 12.3 Å². The van der Waals surface area contributed by atoms with Crippen LogP contribution in [0, 0.1) is 5.41 Å². The molecule has 0 fully saturated rings. The summed E-state index contributed by atoms with van der Waals surface area (Å²) in [6.45, 7) is 3.26. The van der Waals surface area contributed by atoms with Gasteiger partial charge < -0.3 is 15.8 Å². The van der Waals surface area contributed by atoms with Crippen LogP contribution in [0.5, 0.6) is 0 Å². The molecule has 4 N–H and O–H groups in total. The monoisotopic (exact) mass is 197 g/mol. The molecular weight excluding hydrogens is 182 g/mol. The topological polar surface area (TPSA) is 88.2 Å². The van der Waals surface area contributed by atoms with Gasteiger partial charge in [-0.25, -0.2) is 4.79 Å². The molecule has 0 aliphatic carbocycles. The van der Waals surface area contributed by atoms with Crippen molar-refractivity contribution < 1.29 is 9.53 Å². The molecule has 0 spiro atoms. The molecule has 0 bridgehead atoms. The highest BCUT2D eigenvalue weighted by Gasteiger charge is 2.20. The van der Waals surface area contributed by atoms with E-state index in [4.69, 9.17) is 15.9 Å². The Morgan fingerprint density at radius 3 is 3.00 bits per heavy atom. The molecule has 0 radical (unpaired) electrons. The summed E-state index contributed by atoms with van der Waals surface area (Å²) in [4.78, 5) is 11.2. The van der Waals surface area contributed by atoms with Crippen molar-refractivity contribution in [3.63, 3.8) is 0 Å². The number of carbonyl (C=O) groups excluding carboxylic acids is 1. The molecule has 14 heavy (non-hydrogen) atoms. The summed E-state index contributed by atoms with van der Waals surface area (Å²) in [5, 5.41) is 10.6. The first-order valence-electron chi connectivity index (χ1n) is 4.61. The van der Waals surface area contributed by atoms with E-state index in [1.807, 2.05) is 0 Å². The van der Waals surface area contributed by atoms with Crippen LogP contribution in [0.1, 0.15) is 13.3 Å². The first-order valence-corrected chi connectivity index (χ1v) is 4.61. The van der Waals surface area contributed by atoms with Crippen molar-refractivity contribution in [1.82, 2.24) is 5.32 Å². The average molecular weight is 197 g/mol. The lowest BCUT2D eigenvalue weighted by atomic mass is 10.0. The smallest absolute Gasteiger partial charge is 0.356 e. The lowest BCUT2D eigenvalue weighted by molar-refractivity contribution is -0.135. The molecule has 1 rings (SSSR count). The Balaban J connectivity index is 2.72. The van der Waals surface area contributed by atoms with Gasteiger partial charge in [-0.05, 0) is 13.3 Å². The van der Waals surface area contributed by atoms with Crippen LogP contribution in [-0.2, 0) is 9.53 Å². The first-order chi connectivity index (χ1) is 6.66. The Kier molecular flexibility index (Phi) is 3.64. The van der Waals surface area contributed by atoms with Crippen molar-refractivity contribution in [2.45, 2.75) is 13.3 Å². The highest BCUT2D eigenvalue weighted by molar-refractivity contribution is 6.42. The third kappa shape index (κ3) is 2.32. The fourth-order valence-electron chi connectivity index (χ4n) is 1.28. The number of hydrogen-bond acceptors (Lipinski definition) is 5. The number of nitrogens with two attached hydrogens (primary N) is 1. The molecule has 0 saturated heterocycles. The first kappa shape index (κ1) is 10.7. The van der Waals surface area contributed by atoms with Gasteiger partial charge in [-0.2, -0.15) is 0 Å². The van der Waals surface area contributed by atoms with Crippen LogP contribution in [-0.4, -0.2) is 31.4 Å². The lowest BCUT2D eigenvalue weighted by Gasteiger charge is -2.18. The van der Waals surface area contributed by atoms with Crippen molar-refractivity contribution in [3.8, 4) is 0 Å². The lowest BCUT2D eigenvalue weighted by Crippen LogP contribution is -2.34. The molecule has 0 aromatic heterocycles. The van der Waals surface area contributed by atoms with Gasteiger partial charge in [-0.1, -0.05) is 0 Å².